The first-order valence-corrected chi connectivity index (χ1v) is 8.54. The molecule has 0 aliphatic carbocycles. The quantitative estimate of drug-likeness (QED) is 0.861. The number of rotatable bonds is 6. The molecule has 3 rings (SSSR count). The van der Waals surface area contributed by atoms with Crippen LogP contribution in [0, 0.1) is 0 Å². The van der Waals surface area contributed by atoms with Crippen LogP contribution in [0.1, 0.15) is 23.5 Å². The standard InChI is InChI=1S/C20H24N2O2.ClH/c21-12-14-22(13-10-16-6-2-1-3-7-16)20(23)18-11-15-24-19-9-5-4-8-17(18)19;/h1-9,18H,10-15,21H2;1H. The number of hydrogen-bond donors (Lipinski definition) is 1. The van der Waals surface area contributed by atoms with Crippen LogP contribution in [0.5, 0.6) is 5.75 Å². The lowest BCUT2D eigenvalue weighted by Crippen LogP contribution is -2.41. The van der Waals surface area contributed by atoms with Gasteiger partial charge in [0, 0.05) is 25.2 Å². The van der Waals surface area contributed by atoms with E-state index >= 15 is 0 Å². The smallest absolute Gasteiger partial charge is 0.230 e. The third-order valence-electron chi connectivity index (χ3n) is 4.48. The molecule has 25 heavy (non-hydrogen) atoms. The first kappa shape index (κ1) is 19.3. The second-order valence-corrected chi connectivity index (χ2v) is 6.08. The molecule has 4 nitrogen and oxygen atoms in total. The highest BCUT2D eigenvalue weighted by molar-refractivity contribution is 5.85. The molecule has 5 heteroatoms. The van der Waals surface area contributed by atoms with Gasteiger partial charge in [-0.1, -0.05) is 48.5 Å². The summed E-state index contributed by atoms with van der Waals surface area (Å²) in [6, 6.07) is 18.1. The molecule has 2 aromatic rings. The Balaban J connectivity index is 0.00000225. The Labute approximate surface area is 155 Å². The molecule has 0 spiro atoms. The van der Waals surface area contributed by atoms with Crippen molar-refractivity contribution in [2.45, 2.75) is 18.8 Å². The van der Waals surface area contributed by atoms with Gasteiger partial charge in [0.1, 0.15) is 5.75 Å². The lowest BCUT2D eigenvalue weighted by atomic mass is 9.91. The number of ether oxygens (including phenoxy) is 1. The SMILES string of the molecule is Cl.NCCN(CCc1ccccc1)C(=O)C1CCOc2ccccc21. The van der Waals surface area contributed by atoms with Gasteiger partial charge in [-0.3, -0.25) is 4.79 Å². The maximum absolute atomic E-state index is 13.1. The summed E-state index contributed by atoms with van der Waals surface area (Å²) in [7, 11) is 0. The predicted octanol–water partition coefficient (Wildman–Crippen LogP) is 3.00. The highest BCUT2D eigenvalue weighted by Gasteiger charge is 2.30. The Morgan fingerprint density at radius 2 is 1.80 bits per heavy atom. The van der Waals surface area contributed by atoms with Crippen molar-refractivity contribution in [3.63, 3.8) is 0 Å². The van der Waals surface area contributed by atoms with Gasteiger partial charge in [-0.05, 0) is 24.5 Å². The van der Waals surface area contributed by atoms with Gasteiger partial charge < -0.3 is 15.4 Å². The zero-order valence-corrected chi connectivity index (χ0v) is 15.1. The number of carbonyl (C=O) groups excluding carboxylic acids is 1. The summed E-state index contributed by atoms with van der Waals surface area (Å²) in [6.45, 7) is 2.35. The van der Waals surface area contributed by atoms with Crippen LogP contribution >= 0.6 is 12.4 Å². The summed E-state index contributed by atoms with van der Waals surface area (Å²) in [4.78, 5) is 15.0. The zero-order chi connectivity index (χ0) is 16.8. The molecule has 1 amide bonds. The summed E-state index contributed by atoms with van der Waals surface area (Å²) < 4.78 is 5.68. The van der Waals surface area contributed by atoms with E-state index < -0.39 is 0 Å². The van der Waals surface area contributed by atoms with Crippen molar-refractivity contribution in [3.8, 4) is 5.75 Å². The zero-order valence-electron chi connectivity index (χ0n) is 14.3. The molecule has 2 N–H and O–H groups in total. The minimum Gasteiger partial charge on any atom is -0.493 e. The molecule has 1 heterocycles. The van der Waals surface area contributed by atoms with Gasteiger partial charge in [-0.25, -0.2) is 0 Å². The van der Waals surface area contributed by atoms with E-state index in [2.05, 4.69) is 12.1 Å². The Kier molecular flexibility index (Phi) is 7.29. The van der Waals surface area contributed by atoms with E-state index in [1.54, 1.807) is 0 Å². The van der Waals surface area contributed by atoms with Crippen LogP contribution in [0.3, 0.4) is 0 Å². The first-order chi connectivity index (χ1) is 11.8. The molecule has 1 unspecified atom stereocenters. The summed E-state index contributed by atoms with van der Waals surface area (Å²) in [5.74, 6) is 0.863. The summed E-state index contributed by atoms with van der Waals surface area (Å²) in [5, 5.41) is 0. The number of hydrogen-bond acceptors (Lipinski definition) is 3. The van der Waals surface area contributed by atoms with E-state index in [0.717, 1.165) is 24.2 Å². The van der Waals surface area contributed by atoms with Gasteiger partial charge in [0.05, 0.1) is 12.5 Å². The molecule has 1 aliphatic rings. The van der Waals surface area contributed by atoms with E-state index in [1.807, 2.05) is 47.4 Å². The van der Waals surface area contributed by atoms with Gasteiger partial charge in [0.2, 0.25) is 5.91 Å². The Morgan fingerprint density at radius 3 is 2.56 bits per heavy atom. The minimum absolute atomic E-state index is 0. The van der Waals surface area contributed by atoms with Crippen molar-refractivity contribution >= 4 is 18.3 Å². The fourth-order valence-corrected chi connectivity index (χ4v) is 3.22. The van der Waals surface area contributed by atoms with Crippen LogP contribution in [-0.4, -0.2) is 37.0 Å². The summed E-state index contributed by atoms with van der Waals surface area (Å²) in [5.41, 5.74) is 7.97. The van der Waals surface area contributed by atoms with Crippen LogP contribution < -0.4 is 10.5 Å². The molecular formula is C20H25ClN2O2. The maximum Gasteiger partial charge on any atom is 0.230 e. The molecule has 1 atom stereocenters. The predicted molar refractivity (Wildman–Crippen MR) is 102 cm³/mol. The molecule has 2 aromatic carbocycles. The first-order valence-electron chi connectivity index (χ1n) is 8.54. The normalized spacial score (nSPS) is 15.5. The Bertz CT molecular complexity index is 678. The molecule has 0 bridgehead atoms. The monoisotopic (exact) mass is 360 g/mol. The van der Waals surface area contributed by atoms with Gasteiger partial charge in [-0.15, -0.1) is 12.4 Å². The number of para-hydroxylation sites is 1. The van der Waals surface area contributed by atoms with Crippen LogP contribution in [0.4, 0.5) is 0 Å². The number of benzene rings is 2. The molecule has 0 aromatic heterocycles. The lowest BCUT2D eigenvalue weighted by Gasteiger charge is -2.30. The van der Waals surface area contributed by atoms with Gasteiger partial charge in [-0.2, -0.15) is 0 Å². The number of carbonyl (C=O) groups is 1. The van der Waals surface area contributed by atoms with Crippen molar-refractivity contribution in [2.75, 3.05) is 26.2 Å². The van der Waals surface area contributed by atoms with Crippen molar-refractivity contribution < 1.29 is 9.53 Å². The average molecular weight is 361 g/mol. The highest BCUT2D eigenvalue weighted by atomic mass is 35.5. The molecule has 0 fully saturated rings. The molecule has 1 aliphatic heterocycles. The maximum atomic E-state index is 13.1. The van der Waals surface area contributed by atoms with Gasteiger partial charge in [0.15, 0.2) is 0 Å². The van der Waals surface area contributed by atoms with E-state index in [1.165, 1.54) is 5.56 Å². The fourth-order valence-electron chi connectivity index (χ4n) is 3.22. The Hall–Kier alpha value is -2.04. The average Bonchev–Trinajstić information content (AvgIpc) is 2.65. The van der Waals surface area contributed by atoms with Crippen molar-refractivity contribution in [3.05, 3.63) is 65.7 Å². The van der Waals surface area contributed by atoms with E-state index in [4.69, 9.17) is 10.5 Å². The number of halogens is 1. The van der Waals surface area contributed by atoms with Gasteiger partial charge >= 0.3 is 0 Å². The summed E-state index contributed by atoms with van der Waals surface area (Å²) >= 11 is 0. The van der Waals surface area contributed by atoms with E-state index in [-0.39, 0.29) is 24.2 Å². The number of nitrogens with zero attached hydrogens (tertiary/aromatic N) is 1. The van der Waals surface area contributed by atoms with E-state index in [0.29, 0.717) is 26.2 Å². The van der Waals surface area contributed by atoms with Crippen LogP contribution in [0.2, 0.25) is 0 Å². The minimum atomic E-state index is -0.128. The Morgan fingerprint density at radius 1 is 1.08 bits per heavy atom. The van der Waals surface area contributed by atoms with Crippen molar-refractivity contribution in [2.24, 2.45) is 5.73 Å². The third kappa shape index (κ3) is 4.74. The highest BCUT2D eigenvalue weighted by Crippen LogP contribution is 2.34. The molecular weight excluding hydrogens is 336 g/mol. The molecule has 0 radical (unpaired) electrons. The van der Waals surface area contributed by atoms with Crippen LogP contribution in [0.15, 0.2) is 54.6 Å². The second kappa shape index (κ2) is 9.44. The molecule has 134 valence electrons. The van der Waals surface area contributed by atoms with E-state index in [9.17, 15) is 4.79 Å². The molecule has 0 saturated heterocycles. The fraction of sp³-hybridized carbons (Fsp3) is 0.350. The largest absolute Gasteiger partial charge is 0.493 e. The third-order valence-corrected chi connectivity index (χ3v) is 4.48. The second-order valence-electron chi connectivity index (χ2n) is 6.08. The topological polar surface area (TPSA) is 55.6 Å². The lowest BCUT2D eigenvalue weighted by molar-refractivity contribution is -0.133. The molecule has 0 saturated carbocycles. The summed E-state index contributed by atoms with van der Waals surface area (Å²) in [6.07, 6.45) is 1.57. The number of amides is 1. The number of fused-ring (bicyclic) bond motifs is 1. The number of nitrogens with two attached hydrogens (primary N) is 1. The van der Waals surface area contributed by atoms with Gasteiger partial charge in [0.25, 0.3) is 0 Å². The van der Waals surface area contributed by atoms with Crippen molar-refractivity contribution in [1.82, 2.24) is 4.90 Å². The van der Waals surface area contributed by atoms with Crippen LogP contribution in [0.25, 0.3) is 0 Å². The van der Waals surface area contributed by atoms with Crippen LogP contribution in [-0.2, 0) is 11.2 Å². The van der Waals surface area contributed by atoms with Crippen molar-refractivity contribution in [1.29, 1.82) is 0 Å².